The molecule has 0 rings (SSSR count). The first kappa shape index (κ1) is 12.9. The Morgan fingerprint density at radius 2 is 1.85 bits per heavy atom. The van der Waals surface area contributed by atoms with Gasteiger partial charge in [0.1, 0.15) is 0 Å². The first-order chi connectivity index (χ1) is 6.02. The van der Waals surface area contributed by atoms with E-state index in [9.17, 15) is 0 Å². The van der Waals surface area contributed by atoms with E-state index in [-0.39, 0.29) is 5.54 Å². The molecule has 1 N–H and O–H groups in total. The molecule has 0 aromatic carbocycles. The number of nitrogens with one attached hydrogen (secondary N) is 1. The van der Waals surface area contributed by atoms with Gasteiger partial charge in [-0.3, -0.25) is 0 Å². The third-order valence-corrected chi connectivity index (χ3v) is 1.90. The van der Waals surface area contributed by atoms with Crippen molar-refractivity contribution in [3.8, 4) is 0 Å². The second-order valence-electron chi connectivity index (χ2n) is 4.14. The minimum atomic E-state index is 0.0436. The highest BCUT2D eigenvalue weighted by molar-refractivity contribution is 4.80. The third-order valence-electron chi connectivity index (χ3n) is 1.90. The fraction of sp³-hybridized carbons (Fsp3) is 1.00. The van der Waals surface area contributed by atoms with Crippen LogP contribution in [0.2, 0.25) is 0 Å². The molecule has 0 saturated heterocycles. The molecule has 0 aromatic rings. The van der Waals surface area contributed by atoms with Crippen LogP contribution in [0, 0.1) is 0 Å². The molecule has 0 bridgehead atoms. The average molecular weight is 189 g/mol. The molecule has 3 heteroatoms. The Morgan fingerprint density at radius 3 is 2.31 bits per heavy atom. The van der Waals surface area contributed by atoms with E-state index in [1.54, 1.807) is 14.2 Å². The van der Waals surface area contributed by atoms with Gasteiger partial charge in [0.2, 0.25) is 0 Å². The smallest absolute Gasteiger partial charge is 0.0639 e. The van der Waals surface area contributed by atoms with E-state index in [1.807, 2.05) is 0 Å². The van der Waals surface area contributed by atoms with Crippen molar-refractivity contribution < 1.29 is 9.47 Å². The number of hydrogen-bond acceptors (Lipinski definition) is 3. The number of ether oxygens (including phenoxy) is 2. The van der Waals surface area contributed by atoms with Crippen molar-refractivity contribution in [2.45, 2.75) is 38.8 Å². The number of hydrogen-bond donors (Lipinski definition) is 1. The Bertz CT molecular complexity index is 126. The van der Waals surface area contributed by atoms with E-state index in [1.165, 1.54) is 0 Å². The van der Waals surface area contributed by atoms with Crippen molar-refractivity contribution in [1.82, 2.24) is 5.32 Å². The zero-order valence-electron chi connectivity index (χ0n) is 9.52. The molecule has 0 fully saturated rings. The van der Waals surface area contributed by atoms with Gasteiger partial charge in [0, 0.05) is 32.4 Å². The quantitative estimate of drug-likeness (QED) is 0.657. The molecule has 0 aliphatic rings. The molecule has 0 aliphatic carbocycles. The normalized spacial score (nSPS) is 14.5. The van der Waals surface area contributed by atoms with Gasteiger partial charge in [-0.05, 0) is 27.2 Å². The van der Waals surface area contributed by atoms with Crippen LogP contribution in [-0.2, 0) is 9.47 Å². The minimum absolute atomic E-state index is 0.0436. The predicted octanol–water partition coefficient (Wildman–Crippen LogP) is 1.43. The summed E-state index contributed by atoms with van der Waals surface area (Å²) in [6.45, 7) is 7.97. The van der Waals surface area contributed by atoms with Crippen LogP contribution in [0.3, 0.4) is 0 Å². The van der Waals surface area contributed by atoms with Crippen LogP contribution < -0.4 is 5.32 Å². The van der Waals surface area contributed by atoms with Crippen molar-refractivity contribution in [2.75, 3.05) is 27.4 Å². The molecule has 3 nitrogen and oxygen atoms in total. The summed E-state index contributed by atoms with van der Waals surface area (Å²) in [5, 5.41) is 3.49. The maximum Gasteiger partial charge on any atom is 0.0639 e. The van der Waals surface area contributed by atoms with Crippen LogP contribution in [0.5, 0.6) is 0 Å². The van der Waals surface area contributed by atoms with Gasteiger partial charge in [-0.2, -0.15) is 0 Å². The van der Waals surface area contributed by atoms with Crippen LogP contribution in [0.25, 0.3) is 0 Å². The molecule has 80 valence electrons. The molecule has 1 unspecified atom stereocenters. The molecule has 0 aromatic heterocycles. The zero-order chi connectivity index (χ0) is 10.3. The molecule has 0 spiro atoms. The second-order valence-corrected chi connectivity index (χ2v) is 4.14. The Hall–Kier alpha value is -0.120. The summed E-state index contributed by atoms with van der Waals surface area (Å²) < 4.78 is 10.1. The lowest BCUT2D eigenvalue weighted by atomic mass is 10.0. The molecular weight excluding hydrogens is 166 g/mol. The minimum Gasteiger partial charge on any atom is -0.385 e. The van der Waals surface area contributed by atoms with E-state index in [0.717, 1.165) is 19.6 Å². The topological polar surface area (TPSA) is 30.5 Å². The Balaban J connectivity index is 3.68. The van der Waals surface area contributed by atoms with Gasteiger partial charge in [-0.25, -0.2) is 0 Å². The predicted molar refractivity (Wildman–Crippen MR) is 55.0 cm³/mol. The van der Waals surface area contributed by atoms with Crippen LogP contribution in [0.4, 0.5) is 0 Å². The summed E-state index contributed by atoms with van der Waals surface area (Å²) in [5.41, 5.74) is 0.0436. The third kappa shape index (κ3) is 6.99. The molecule has 0 saturated carbocycles. The lowest BCUT2D eigenvalue weighted by Crippen LogP contribution is -2.48. The van der Waals surface area contributed by atoms with Crippen LogP contribution in [0.1, 0.15) is 27.2 Å². The lowest BCUT2D eigenvalue weighted by Gasteiger charge is -2.29. The summed E-state index contributed by atoms with van der Waals surface area (Å²) in [5.74, 6) is 0. The van der Waals surface area contributed by atoms with Crippen LogP contribution >= 0.6 is 0 Å². The maximum absolute atomic E-state index is 5.12. The van der Waals surface area contributed by atoms with E-state index in [4.69, 9.17) is 9.47 Å². The average Bonchev–Trinajstić information content (AvgIpc) is 1.99. The first-order valence-electron chi connectivity index (χ1n) is 4.77. The fourth-order valence-electron chi connectivity index (χ4n) is 1.44. The second kappa shape index (κ2) is 6.35. The van der Waals surface area contributed by atoms with Gasteiger partial charge >= 0.3 is 0 Å². The highest BCUT2D eigenvalue weighted by Gasteiger charge is 2.19. The highest BCUT2D eigenvalue weighted by Crippen LogP contribution is 2.05. The molecule has 0 aliphatic heterocycles. The number of rotatable bonds is 7. The van der Waals surface area contributed by atoms with Crippen molar-refractivity contribution in [1.29, 1.82) is 0 Å². The van der Waals surface area contributed by atoms with E-state index < -0.39 is 0 Å². The Labute approximate surface area is 81.8 Å². The number of methoxy groups -OCH3 is 2. The van der Waals surface area contributed by atoms with Crippen molar-refractivity contribution >= 4 is 0 Å². The molecule has 0 radical (unpaired) electrons. The summed E-state index contributed by atoms with van der Waals surface area (Å²) in [6.07, 6.45) is 1.03. The summed E-state index contributed by atoms with van der Waals surface area (Å²) in [7, 11) is 3.45. The highest BCUT2D eigenvalue weighted by atomic mass is 16.5. The molecule has 13 heavy (non-hydrogen) atoms. The van der Waals surface area contributed by atoms with Gasteiger partial charge in [-0.1, -0.05) is 0 Å². The van der Waals surface area contributed by atoms with Gasteiger partial charge in [0.25, 0.3) is 0 Å². The molecular formula is C10H23NO2. The van der Waals surface area contributed by atoms with E-state index in [0.29, 0.717) is 6.04 Å². The van der Waals surface area contributed by atoms with Crippen LogP contribution in [-0.4, -0.2) is 39.0 Å². The van der Waals surface area contributed by atoms with Gasteiger partial charge in [0.15, 0.2) is 0 Å². The molecule has 0 heterocycles. The van der Waals surface area contributed by atoms with Gasteiger partial charge in [0.05, 0.1) is 6.61 Å². The van der Waals surface area contributed by atoms with Crippen molar-refractivity contribution in [3.05, 3.63) is 0 Å². The zero-order valence-corrected chi connectivity index (χ0v) is 9.52. The maximum atomic E-state index is 5.12. The monoisotopic (exact) mass is 189 g/mol. The SMILES string of the molecule is COCCC(C)NC(C)(C)COC. The Morgan fingerprint density at radius 1 is 1.23 bits per heavy atom. The first-order valence-corrected chi connectivity index (χ1v) is 4.77. The van der Waals surface area contributed by atoms with E-state index >= 15 is 0 Å². The van der Waals surface area contributed by atoms with Crippen molar-refractivity contribution in [2.24, 2.45) is 0 Å². The van der Waals surface area contributed by atoms with E-state index in [2.05, 4.69) is 26.1 Å². The standard InChI is InChI=1S/C10H23NO2/c1-9(6-7-12-4)11-10(2,3)8-13-5/h9,11H,6-8H2,1-5H3. The van der Waals surface area contributed by atoms with Crippen LogP contribution in [0.15, 0.2) is 0 Å². The van der Waals surface area contributed by atoms with Gasteiger partial charge in [-0.15, -0.1) is 0 Å². The molecule has 0 amide bonds. The lowest BCUT2D eigenvalue weighted by molar-refractivity contribution is 0.114. The Kier molecular flexibility index (Phi) is 6.29. The fourth-order valence-corrected chi connectivity index (χ4v) is 1.44. The van der Waals surface area contributed by atoms with Gasteiger partial charge < -0.3 is 14.8 Å². The summed E-state index contributed by atoms with van der Waals surface area (Å²) >= 11 is 0. The largest absolute Gasteiger partial charge is 0.385 e. The van der Waals surface area contributed by atoms with Crippen molar-refractivity contribution in [3.63, 3.8) is 0 Å². The summed E-state index contributed by atoms with van der Waals surface area (Å²) in [4.78, 5) is 0. The summed E-state index contributed by atoms with van der Waals surface area (Å²) in [6, 6.07) is 0.463. The molecule has 1 atom stereocenters.